The lowest BCUT2D eigenvalue weighted by atomic mass is 10.2. The van der Waals surface area contributed by atoms with Gasteiger partial charge in [0, 0.05) is 48.6 Å². The van der Waals surface area contributed by atoms with Crippen LogP contribution in [0.5, 0.6) is 0 Å². The maximum Gasteiger partial charge on any atom is 0.252 e. The van der Waals surface area contributed by atoms with Crippen LogP contribution in [0.3, 0.4) is 0 Å². The lowest BCUT2D eigenvalue weighted by Crippen LogP contribution is -2.42. The number of rotatable bonds is 7. The second-order valence-electron chi connectivity index (χ2n) is 7.30. The van der Waals surface area contributed by atoms with Crippen LogP contribution < -0.4 is 5.32 Å². The summed E-state index contributed by atoms with van der Waals surface area (Å²) in [7, 11) is 0. The van der Waals surface area contributed by atoms with Crippen molar-refractivity contribution in [3.63, 3.8) is 0 Å². The summed E-state index contributed by atoms with van der Waals surface area (Å²) in [5, 5.41) is 3.04. The van der Waals surface area contributed by atoms with Crippen molar-refractivity contribution in [2.24, 2.45) is 0 Å². The molecule has 1 fully saturated rings. The second-order valence-corrected chi connectivity index (χ2v) is 8.32. The summed E-state index contributed by atoms with van der Waals surface area (Å²) in [5.74, 6) is 0.751. The fourth-order valence-electron chi connectivity index (χ4n) is 3.56. The Morgan fingerprint density at radius 1 is 1.24 bits per heavy atom. The molecule has 0 unspecified atom stereocenters. The van der Waals surface area contributed by atoms with Crippen LogP contribution in [0.1, 0.15) is 35.8 Å². The predicted molar refractivity (Wildman–Crippen MR) is 114 cm³/mol. The Kier molecular flexibility index (Phi) is 5.85. The standard InChI is InChI=1S/C22H24N4O2S/c1-16(13-26-12-6-10-21(26)27)23-22(28)18-7-2-3-8-19(18)29-15-17-14-25-11-5-4-9-20(25)24-17/h2-5,7-9,11,14,16H,6,10,12-13,15H2,1H3,(H,23,28)/t16-/m1/s1. The topological polar surface area (TPSA) is 66.7 Å². The third kappa shape index (κ3) is 4.62. The van der Waals surface area contributed by atoms with Crippen molar-refractivity contribution in [1.29, 1.82) is 0 Å². The Balaban J connectivity index is 1.40. The summed E-state index contributed by atoms with van der Waals surface area (Å²) >= 11 is 1.60. The van der Waals surface area contributed by atoms with Gasteiger partial charge in [-0.3, -0.25) is 9.59 Å². The highest BCUT2D eigenvalue weighted by molar-refractivity contribution is 7.98. The van der Waals surface area contributed by atoms with Crippen LogP contribution in [-0.2, 0) is 10.5 Å². The van der Waals surface area contributed by atoms with Gasteiger partial charge in [0.1, 0.15) is 5.65 Å². The van der Waals surface area contributed by atoms with Crippen LogP contribution in [0.25, 0.3) is 5.65 Å². The zero-order valence-corrected chi connectivity index (χ0v) is 17.2. The lowest BCUT2D eigenvalue weighted by Gasteiger charge is -2.22. The number of hydrogen-bond acceptors (Lipinski definition) is 4. The van der Waals surface area contributed by atoms with E-state index in [4.69, 9.17) is 0 Å². The Hall–Kier alpha value is -2.80. The molecule has 6 nitrogen and oxygen atoms in total. The van der Waals surface area contributed by atoms with Gasteiger partial charge in [0.05, 0.1) is 11.3 Å². The summed E-state index contributed by atoms with van der Waals surface area (Å²) < 4.78 is 2.00. The van der Waals surface area contributed by atoms with E-state index in [-0.39, 0.29) is 17.9 Å². The van der Waals surface area contributed by atoms with E-state index in [9.17, 15) is 9.59 Å². The number of nitrogens with one attached hydrogen (secondary N) is 1. The molecule has 1 aliphatic rings. The van der Waals surface area contributed by atoms with Crippen LogP contribution in [0.4, 0.5) is 0 Å². The van der Waals surface area contributed by atoms with E-state index >= 15 is 0 Å². The van der Waals surface area contributed by atoms with Crippen LogP contribution in [0.2, 0.25) is 0 Å². The summed E-state index contributed by atoms with van der Waals surface area (Å²) in [5.41, 5.74) is 2.54. The van der Waals surface area contributed by atoms with E-state index in [1.54, 1.807) is 11.8 Å². The molecule has 1 saturated heterocycles. The highest BCUT2D eigenvalue weighted by Crippen LogP contribution is 2.26. The molecule has 0 bridgehead atoms. The SMILES string of the molecule is C[C@H](CN1CCCC1=O)NC(=O)c1ccccc1SCc1cn2ccccc2n1. The number of carbonyl (C=O) groups is 2. The number of amides is 2. The highest BCUT2D eigenvalue weighted by atomic mass is 32.2. The number of fused-ring (bicyclic) bond motifs is 1. The zero-order chi connectivity index (χ0) is 20.2. The summed E-state index contributed by atoms with van der Waals surface area (Å²) in [6, 6.07) is 13.4. The minimum Gasteiger partial charge on any atom is -0.348 e. The minimum absolute atomic E-state index is 0.0963. The molecule has 1 aromatic carbocycles. The zero-order valence-electron chi connectivity index (χ0n) is 16.4. The van der Waals surface area contributed by atoms with Crippen molar-refractivity contribution in [1.82, 2.24) is 19.6 Å². The van der Waals surface area contributed by atoms with Crippen molar-refractivity contribution in [2.45, 2.75) is 36.5 Å². The maximum absolute atomic E-state index is 12.8. The highest BCUT2D eigenvalue weighted by Gasteiger charge is 2.23. The van der Waals surface area contributed by atoms with E-state index in [1.807, 2.05) is 71.1 Å². The average Bonchev–Trinajstić information content (AvgIpc) is 3.32. The first-order valence-corrected chi connectivity index (χ1v) is 10.8. The minimum atomic E-state index is -0.109. The van der Waals surface area contributed by atoms with Gasteiger partial charge in [-0.15, -0.1) is 11.8 Å². The van der Waals surface area contributed by atoms with E-state index in [0.29, 0.717) is 24.3 Å². The summed E-state index contributed by atoms with van der Waals surface area (Å²) in [4.78, 5) is 32.0. The first-order chi connectivity index (χ1) is 14.1. The van der Waals surface area contributed by atoms with Gasteiger partial charge in [0.25, 0.3) is 5.91 Å². The van der Waals surface area contributed by atoms with Crippen molar-refractivity contribution in [3.05, 3.63) is 66.1 Å². The quantitative estimate of drug-likeness (QED) is 0.609. The van der Waals surface area contributed by atoms with Gasteiger partial charge in [0.2, 0.25) is 5.91 Å². The molecule has 2 aromatic heterocycles. The third-order valence-corrected chi connectivity index (χ3v) is 6.07. The van der Waals surface area contributed by atoms with Crippen LogP contribution in [0, 0.1) is 0 Å². The Bertz CT molecular complexity index is 999. The first kappa shape index (κ1) is 19.5. The molecule has 1 N–H and O–H groups in total. The molecular weight excluding hydrogens is 384 g/mol. The predicted octanol–water partition coefficient (Wildman–Crippen LogP) is 3.37. The van der Waals surface area contributed by atoms with Crippen LogP contribution in [0.15, 0.2) is 59.8 Å². The fraction of sp³-hybridized carbons (Fsp3) is 0.318. The van der Waals surface area contributed by atoms with Gasteiger partial charge < -0.3 is 14.6 Å². The van der Waals surface area contributed by atoms with Gasteiger partial charge in [-0.2, -0.15) is 0 Å². The van der Waals surface area contributed by atoms with Crippen molar-refractivity contribution in [2.75, 3.05) is 13.1 Å². The smallest absolute Gasteiger partial charge is 0.252 e. The molecule has 3 aromatic rings. The van der Waals surface area contributed by atoms with E-state index < -0.39 is 0 Å². The molecule has 7 heteroatoms. The van der Waals surface area contributed by atoms with Crippen molar-refractivity contribution >= 4 is 29.2 Å². The third-order valence-electron chi connectivity index (χ3n) is 4.96. The molecule has 2 amide bonds. The molecular formula is C22H24N4O2S. The van der Waals surface area contributed by atoms with E-state index in [2.05, 4.69) is 10.3 Å². The second kappa shape index (κ2) is 8.69. The molecule has 0 spiro atoms. The molecule has 3 heterocycles. The largest absolute Gasteiger partial charge is 0.348 e. The Morgan fingerprint density at radius 2 is 2.07 bits per heavy atom. The number of hydrogen-bond donors (Lipinski definition) is 1. The van der Waals surface area contributed by atoms with Gasteiger partial charge in [-0.05, 0) is 37.6 Å². The van der Waals surface area contributed by atoms with Crippen molar-refractivity contribution in [3.8, 4) is 0 Å². The molecule has 0 aliphatic carbocycles. The van der Waals surface area contributed by atoms with Gasteiger partial charge in [-0.25, -0.2) is 4.98 Å². The summed E-state index contributed by atoms with van der Waals surface area (Å²) in [6.07, 6.45) is 5.51. The monoisotopic (exact) mass is 408 g/mol. The molecule has 4 rings (SSSR count). The Morgan fingerprint density at radius 3 is 2.86 bits per heavy atom. The fourth-order valence-corrected chi connectivity index (χ4v) is 4.50. The number of carbonyl (C=O) groups excluding carboxylic acids is 2. The normalized spacial score (nSPS) is 15.1. The molecule has 29 heavy (non-hydrogen) atoms. The lowest BCUT2D eigenvalue weighted by molar-refractivity contribution is -0.127. The number of aromatic nitrogens is 2. The van der Waals surface area contributed by atoms with Gasteiger partial charge in [-0.1, -0.05) is 18.2 Å². The van der Waals surface area contributed by atoms with E-state index in [0.717, 1.165) is 29.2 Å². The average molecular weight is 409 g/mol. The van der Waals surface area contributed by atoms with Gasteiger partial charge in [0.15, 0.2) is 0 Å². The maximum atomic E-state index is 12.8. The number of nitrogens with zero attached hydrogens (tertiary/aromatic N) is 3. The summed E-state index contributed by atoms with van der Waals surface area (Å²) in [6.45, 7) is 3.28. The molecule has 0 radical (unpaired) electrons. The number of benzene rings is 1. The Labute approximate surface area is 174 Å². The molecule has 1 atom stereocenters. The molecule has 1 aliphatic heterocycles. The van der Waals surface area contributed by atoms with Crippen molar-refractivity contribution < 1.29 is 9.59 Å². The first-order valence-electron chi connectivity index (χ1n) is 9.83. The molecule has 0 saturated carbocycles. The number of thioether (sulfide) groups is 1. The molecule has 150 valence electrons. The van der Waals surface area contributed by atoms with Crippen LogP contribution in [-0.4, -0.2) is 45.2 Å². The van der Waals surface area contributed by atoms with Crippen LogP contribution >= 0.6 is 11.8 Å². The number of imidazole rings is 1. The number of pyridine rings is 1. The van der Waals surface area contributed by atoms with E-state index in [1.165, 1.54) is 0 Å². The van der Waals surface area contributed by atoms with Gasteiger partial charge >= 0.3 is 0 Å². The number of likely N-dealkylation sites (tertiary alicyclic amines) is 1.